The van der Waals surface area contributed by atoms with Gasteiger partial charge >= 0.3 is 6.18 Å². The summed E-state index contributed by atoms with van der Waals surface area (Å²) < 4.78 is 37.8. The molecule has 2 heterocycles. The summed E-state index contributed by atoms with van der Waals surface area (Å²) >= 11 is 1.26. The molecule has 1 saturated heterocycles. The first-order valence-corrected chi connectivity index (χ1v) is 9.44. The Morgan fingerprint density at radius 3 is 2.71 bits per heavy atom. The molecule has 1 aromatic carbocycles. The molecule has 1 aromatic heterocycles. The van der Waals surface area contributed by atoms with E-state index in [1.807, 2.05) is 35.7 Å². The van der Waals surface area contributed by atoms with Crippen LogP contribution in [0.1, 0.15) is 6.42 Å². The molecule has 0 N–H and O–H groups in total. The standard InChI is InChI=1S/C19H18F3N3O2S/c1-2-8-25(18-23-15(11-28-18)13-6-4-3-5-7-13)17(27)14-9-16(26)24(10-14)12-19(20,21)22/h2-7,11,14H,1,8-10,12H2. The van der Waals surface area contributed by atoms with Gasteiger partial charge in [0.1, 0.15) is 6.54 Å². The van der Waals surface area contributed by atoms with E-state index >= 15 is 0 Å². The minimum Gasteiger partial charge on any atom is -0.333 e. The molecule has 1 unspecified atom stereocenters. The molecule has 3 rings (SSSR count). The predicted octanol–water partition coefficient (Wildman–Crippen LogP) is 3.74. The van der Waals surface area contributed by atoms with E-state index in [-0.39, 0.29) is 19.5 Å². The average Bonchev–Trinajstić information content (AvgIpc) is 3.26. The molecule has 0 bridgehead atoms. The molecule has 2 aromatic rings. The molecular weight excluding hydrogens is 391 g/mol. The van der Waals surface area contributed by atoms with Crippen molar-refractivity contribution in [2.45, 2.75) is 12.6 Å². The molecule has 0 radical (unpaired) electrons. The van der Waals surface area contributed by atoms with Gasteiger partial charge in [-0.2, -0.15) is 13.2 Å². The van der Waals surface area contributed by atoms with Crippen LogP contribution in [0, 0.1) is 5.92 Å². The Bertz CT molecular complexity index is 867. The maximum absolute atomic E-state index is 12.9. The SMILES string of the molecule is C=CCN(C(=O)C1CC(=O)N(CC(F)(F)F)C1)c1nc(-c2ccccc2)cs1. The van der Waals surface area contributed by atoms with E-state index in [1.54, 1.807) is 0 Å². The van der Waals surface area contributed by atoms with Crippen LogP contribution in [0.4, 0.5) is 18.3 Å². The van der Waals surface area contributed by atoms with Crippen LogP contribution in [-0.4, -0.2) is 47.5 Å². The minimum atomic E-state index is -4.49. The minimum absolute atomic E-state index is 0.157. The van der Waals surface area contributed by atoms with E-state index in [1.165, 1.54) is 22.3 Å². The lowest BCUT2D eigenvalue weighted by Gasteiger charge is -2.22. The zero-order chi connectivity index (χ0) is 20.3. The maximum Gasteiger partial charge on any atom is 0.406 e. The summed E-state index contributed by atoms with van der Waals surface area (Å²) in [6.45, 7) is 2.20. The first kappa shape index (κ1) is 20.1. The summed E-state index contributed by atoms with van der Waals surface area (Å²) in [6.07, 6.45) is -3.21. The number of nitrogens with zero attached hydrogens (tertiary/aromatic N) is 3. The average molecular weight is 409 g/mol. The molecule has 1 atom stereocenters. The summed E-state index contributed by atoms with van der Waals surface area (Å²) in [7, 11) is 0. The third-order valence-corrected chi connectivity index (χ3v) is 5.17. The molecule has 2 amide bonds. The van der Waals surface area contributed by atoms with Crippen molar-refractivity contribution < 1.29 is 22.8 Å². The number of alkyl halides is 3. The summed E-state index contributed by atoms with van der Waals surface area (Å²) in [5, 5.41) is 2.23. The van der Waals surface area contributed by atoms with Gasteiger partial charge in [0, 0.05) is 30.5 Å². The first-order chi connectivity index (χ1) is 13.3. The molecule has 148 valence electrons. The van der Waals surface area contributed by atoms with E-state index in [4.69, 9.17) is 0 Å². The normalized spacial score (nSPS) is 17.0. The lowest BCUT2D eigenvalue weighted by Crippen LogP contribution is -2.39. The Labute approximate surface area is 164 Å². The van der Waals surface area contributed by atoms with E-state index in [0.717, 1.165) is 5.56 Å². The number of rotatable bonds is 6. The van der Waals surface area contributed by atoms with Crippen LogP contribution in [0.3, 0.4) is 0 Å². The van der Waals surface area contributed by atoms with Gasteiger partial charge in [-0.05, 0) is 0 Å². The van der Waals surface area contributed by atoms with Crippen molar-refractivity contribution in [1.82, 2.24) is 9.88 Å². The second-order valence-electron chi connectivity index (χ2n) is 6.41. The lowest BCUT2D eigenvalue weighted by atomic mass is 10.1. The van der Waals surface area contributed by atoms with E-state index in [0.29, 0.717) is 15.7 Å². The molecule has 1 aliphatic heterocycles. The highest BCUT2D eigenvalue weighted by atomic mass is 32.1. The van der Waals surface area contributed by atoms with Gasteiger partial charge in [-0.1, -0.05) is 36.4 Å². The van der Waals surface area contributed by atoms with Gasteiger partial charge in [-0.3, -0.25) is 14.5 Å². The summed E-state index contributed by atoms with van der Waals surface area (Å²) in [5.41, 5.74) is 1.59. The zero-order valence-corrected chi connectivity index (χ0v) is 15.7. The zero-order valence-electron chi connectivity index (χ0n) is 14.9. The van der Waals surface area contributed by atoms with Crippen LogP contribution in [0.25, 0.3) is 11.3 Å². The number of carbonyl (C=O) groups is 2. The van der Waals surface area contributed by atoms with Crippen molar-refractivity contribution in [2.75, 3.05) is 24.5 Å². The highest BCUT2D eigenvalue weighted by molar-refractivity contribution is 7.14. The number of halogens is 3. The van der Waals surface area contributed by atoms with Crippen molar-refractivity contribution >= 4 is 28.3 Å². The van der Waals surface area contributed by atoms with Crippen LogP contribution in [0.2, 0.25) is 0 Å². The summed E-state index contributed by atoms with van der Waals surface area (Å²) in [6, 6.07) is 9.42. The summed E-state index contributed by atoms with van der Waals surface area (Å²) in [4.78, 5) is 31.4. The molecule has 0 saturated carbocycles. The Balaban J connectivity index is 1.77. The number of benzene rings is 1. The second kappa shape index (κ2) is 8.14. The molecule has 9 heteroatoms. The van der Waals surface area contributed by atoms with Gasteiger partial charge in [0.15, 0.2) is 5.13 Å². The quantitative estimate of drug-likeness (QED) is 0.683. The smallest absolute Gasteiger partial charge is 0.333 e. The van der Waals surface area contributed by atoms with E-state index < -0.39 is 30.5 Å². The fourth-order valence-electron chi connectivity index (χ4n) is 3.05. The number of amides is 2. The molecule has 5 nitrogen and oxygen atoms in total. The number of thiazole rings is 1. The second-order valence-corrected chi connectivity index (χ2v) is 7.25. The van der Waals surface area contributed by atoms with Gasteiger partial charge < -0.3 is 4.90 Å². The van der Waals surface area contributed by atoms with Gasteiger partial charge in [0.2, 0.25) is 11.8 Å². The molecule has 28 heavy (non-hydrogen) atoms. The third kappa shape index (κ3) is 4.59. The van der Waals surface area contributed by atoms with Crippen LogP contribution in [0.5, 0.6) is 0 Å². The van der Waals surface area contributed by atoms with Crippen LogP contribution >= 0.6 is 11.3 Å². The van der Waals surface area contributed by atoms with Crippen LogP contribution < -0.4 is 4.90 Å². The third-order valence-electron chi connectivity index (χ3n) is 4.30. The Morgan fingerprint density at radius 2 is 2.07 bits per heavy atom. The van der Waals surface area contributed by atoms with Crippen molar-refractivity contribution in [2.24, 2.45) is 5.92 Å². The number of aromatic nitrogens is 1. The molecule has 0 aliphatic carbocycles. The van der Waals surface area contributed by atoms with Crippen molar-refractivity contribution in [3.05, 3.63) is 48.4 Å². The maximum atomic E-state index is 12.9. The van der Waals surface area contributed by atoms with E-state index in [2.05, 4.69) is 11.6 Å². The van der Waals surface area contributed by atoms with Gasteiger partial charge in [0.05, 0.1) is 11.6 Å². The monoisotopic (exact) mass is 409 g/mol. The Hall–Kier alpha value is -2.68. The van der Waals surface area contributed by atoms with Crippen LogP contribution in [-0.2, 0) is 9.59 Å². The topological polar surface area (TPSA) is 53.5 Å². The highest BCUT2D eigenvalue weighted by Gasteiger charge is 2.42. The number of likely N-dealkylation sites (tertiary alicyclic amines) is 1. The van der Waals surface area contributed by atoms with Crippen LogP contribution in [0.15, 0.2) is 48.4 Å². The number of anilines is 1. The first-order valence-electron chi connectivity index (χ1n) is 8.56. The number of carbonyl (C=O) groups excluding carboxylic acids is 2. The van der Waals surface area contributed by atoms with Gasteiger partial charge in [-0.15, -0.1) is 17.9 Å². The van der Waals surface area contributed by atoms with Crippen molar-refractivity contribution in [3.8, 4) is 11.3 Å². The largest absolute Gasteiger partial charge is 0.406 e. The Morgan fingerprint density at radius 1 is 1.36 bits per heavy atom. The predicted molar refractivity (Wildman–Crippen MR) is 101 cm³/mol. The molecule has 1 fully saturated rings. The fourth-order valence-corrected chi connectivity index (χ4v) is 3.90. The molecule has 1 aliphatic rings. The van der Waals surface area contributed by atoms with Crippen molar-refractivity contribution in [3.63, 3.8) is 0 Å². The van der Waals surface area contributed by atoms with E-state index in [9.17, 15) is 22.8 Å². The van der Waals surface area contributed by atoms with Crippen molar-refractivity contribution in [1.29, 1.82) is 0 Å². The van der Waals surface area contributed by atoms with Gasteiger partial charge in [0.25, 0.3) is 0 Å². The fraction of sp³-hybridized carbons (Fsp3) is 0.316. The molecular formula is C19H18F3N3O2S. The number of hydrogen-bond acceptors (Lipinski definition) is 4. The van der Waals surface area contributed by atoms with Gasteiger partial charge in [-0.25, -0.2) is 4.98 Å². The highest BCUT2D eigenvalue weighted by Crippen LogP contribution is 2.30. The summed E-state index contributed by atoms with van der Waals surface area (Å²) in [5.74, 6) is -1.93. The number of hydrogen-bond donors (Lipinski definition) is 0. The lowest BCUT2D eigenvalue weighted by molar-refractivity contribution is -0.157. The molecule has 0 spiro atoms. The Kier molecular flexibility index (Phi) is 5.83.